The number of carbonyl (C=O) groups excluding carboxylic acids is 1. The lowest BCUT2D eigenvalue weighted by atomic mass is 10.1. The van der Waals surface area contributed by atoms with E-state index in [0.717, 1.165) is 23.4 Å². The molecule has 1 amide bonds. The van der Waals surface area contributed by atoms with Gasteiger partial charge in [0.1, 0.15) is 11.6 Å². The minimum absolute atomic E-state index is 0.0322. The quantitative estimate of drug-likeness (QED) is 0.726. The second kappa shape index (κ2) is 7.67. The van der Waals surface area contributed by atoms with Crippen molar-refractivity contribution < 1.29 is 4.79 Å². The van der Waals surface area contributed by atoms with Crippen LogP contribution in [0.2, 0.25) is 0 Å². The van der Waals surface area contributed by atoms with Crippen LogP contribution in [0.5, 0.6) is 0 Å². The molecule has 0 aliphatic carbocycles. The third-order valence-corrected chi connectivity index (χ3v) is 5.19. The summed E-state index contributed by atoms with van der Waals surface area (Å²) in [6.07, 6.45) is 3.36. The summed E-state index contributed by atoms with van der Waals surface area (Å²) in [5.74, 6) is 0.0322. The van der Waals surface area contributed by atoms with Crippen LogP contribution in [-0.4, -0.2) is 26.5 Å². The van der Waals surface area contributed by atoms with Crippen LogP contribution in [0, 0.1) is 25.2 Å². The molecule has 1 unspecified atom stereocenters. The molecule has 3 rings (SSSR count). The molecule has 0 spiro atoms. The van der Waals surface area contributed by atoms with Gasteiger partial charge in [-0.1, -0.05) is 0 Å². The fraction of sp³-hybridized carbons (Fsp3) is 0.368. The van der Waals surface area contributed by atoms with Crippen LogP contribution in [-0.2, 0) is 17.6 Å². The Balaban J connectivity index is 1.65. The molecule has 1 N–H and O–H groups in total. The van der Waals surface area contributed by atoms with Crippen LogP contribution in [0.25, 0.3) is 5.65 Å². The Kier molecular flexibility index (Phi) is 5.33. The summed E-state index contributed by atoms with van der Waals surface area (Å²) in [4.78, 5) is 16.8. The zero-order chi connectivity index (χ0) is 18.7. The van der Waals surface area contributed by atoms with Gasteiger partial charge in [0.2, 0.25) is 5.91 Å². The highest BCUT2D eigenvalue weighted by atomic mass is 32.1. The zero-order valence-electron chi connectivity index (χ0n) is 15.1. The normalized spacial score (nSPS) is 12.1. The summed E-state index contributed by atoms with van der Waals surface area (Å²) in [6, 6.07) is 4.29. The zero-order valence-corrected chi connectivity index (χ0v) is 15.9. The molecule has 0 fully saturated rings. The Morgan fingerprint density at radius 1 is 1.46 bits per heavy atom. The van der Waals surface area contributed by atoms with Crippen molar-refractivity contribution in [3.05, 3.63) is 51.1 Å². The predicted octanol–water partition coefficient (Wildman–Crippen LogP) is 2.96. The highest BCUT2D eigenvalue weighted by Gasteiger charge is 2.15. The molecular weight excluding hydrogens is 346 g/mol. The number of fused-ring (bicyclic) bond motifs is 1. The fourth-order valence-electron chi connectivity index (χ4n) is 3.15. The lowest BCUT2D eigenvalue weighted by Crippen LogP contribution is -2.34. The van der Waals surface area contributed by atoms with Gasteiger partial charge in [-0.15, -0.1) is 0 Å². The van der Waals surface area contributed by atoms with E-state index in [0.29, 0.717) is 24.1 Å². The number of rotatable bonds is 6. The van der Waals surface area contributed by atoms with E-state index in [9.17, 15) is 4.79 Å². The number of nitrogens with one attached hydrogen (secondary N) is 1. The summed E-state index contributed by atoms with van der Waals surface area (Å²) in [7, 11) is 0. The summed E-state index contributed by atoms with van der Waals surface area (Å²) in [5.41, 5.74) is 5.05. The number of hydrogen-bond acceptors (Lipinski definition) is 5. The maximum Gasteiger partial charge on any atom is 0.220 e. The van der Waals surface area contributed by atoms with Crippen LogP contribution < -0.4 is 5.32 Å². The first-order chi connectivity index (χ1) is 12.5. The molecule has 0 aliphatic heterocycles. The van der Waals surface area contributed by atoms with Gasteiger partial charge in [0, 0.05) is 23.9 Å². The van der Waals surface area contributed by atoms with Crippen molar-refractivity contribution in [1.29, 1.82) is 5.26 Å². The van der Waals surface area contributed by atoms with Gasteiger partial charge in [0.15, 0.2) is 5.65 Å². The first-order valence-corrected chi connectivity index (χ1v) is 9.48. The maximum absolute atomic E-state index is 12.3. The molecule has 7 heteroatoms. The Hall–Kier alpha value is -2.72. The topological polar surface area (TPSA) is 83.1 Å². The van der Waals surface area contributed by atoms with Gasteiger partial charge in [0.25, 0.3) is 0 Å². The third kappa shape index (κ3) is 3.75. The fourth-order valence-corrected chi connectivity index (χ4v) is 3.83. The van der Waals surface area contributed by atoms with Crippen LogP contribution >= 0.6 is 11.3 Å². The molecule has 6 nitrogen and oxygen atoms in total. The smallest absolute Gasteiger partial charge is 0.220 e. The molecule has 0 bridgehead atoms. The number of nitrogens with zero attached hydrogens (tertiary/aromatic N) is 4. The maximum atomic E-state index is 12.3. The van der Waals surface area contributed by atoms with Crippen LogP contribution in [0.1, 0.15) is 41.4 Å². The minimum Gasteiger partial charge on any atom is -0.353 e. The standard InChI is InChI=1S/C19H21N5OS/c1-12(8-15-6-7-26-11-15)22-18(25)5-4-17-13(2)23-19-16(9-20)10-21-24(19)14(17)3/h6-7,10-12H,4-5,8H2,1-3H3,(H,22,25). The molecule has 0 saturated heterocycles. The highest BCUT2D eigenvalue weighted by molar-refractivity contribution is 7.07. The number of amides is 1. The van der Waals surface area contributed by atoms with Crippen molar-refractivity contribution >= 4 is 22.9 Å². The Bertz CT molecular complexity index is 968. The molecule has 3 aromatic rings. The van der Waals surface area contributed by atoms with Gasteiger partial charge in [-0.25, -0.2) is 9.50 Å². The molecule has 0 aliphatic rings. The lowest BCUT2D eigenvalue weighted by molar-refractivity contribution is -0.121. The monoisotopic (exact) mass is 367 g/mol. The first kappa shape index (κ1) is 18.1. The van der Waals surface area contributed by atoms with Crippen LogP contribution in [0.4, 0.5) is 0 Å². The highest BCUT2D eigenvalue weighted by Crippen LogP contribution is 2.18. The Morgan fingerprint density at radius 2 is 2.27 bits per heavy atom. The van der Waals surface area contributed by atoms with Crippen molar-refractivity contribution in [1.82, 2.24) is 19.9 Å². The second-order valence-corrected chi connectivity index (χ2v) is 7.25. The number of hydrogen-bond donors (Lipinski definition) is 1. The van der Waals surface area contributed by atoms with Crippen molar-refractivity contribution in [2.45, 2.75) is 46.1 Å². The number of carbonyl (C=O) groups is 1. The van der Waals surface area contributed by atoms with Crippen molar-refractivity contribution in [2.75, 3.05) is 0 Å². The lowest BCUT2D eigenvalue weighted by Gasteiger charge is -2.14. The largest absolute Gasteiger partial charge is 0.353 e. The Labute approximate surface area is 156 Å². The summed E-state index contributed by atoms with van der Waals surface area (Å²) >= 11 is 1.67. The number of thiophene rings is 1. The number of nitriles is 1. The Morgan fingerprint density at radius 3 is 2.96 bits per heavy atom. The van der Waals surface area contributed by atoms with E-state index in [4.69, 9.17) is 5.26 Å². The van der Waals surface area contributed by atoms with Gasteiger partial charge in [0.05, 0.1) is 6.20 Å². The molecule has 0 saturated carbocycles. The van der Waals surface area contributed by atoms with Gasteiger partial charge in [-0.05, 0) is 61.6 Å². The van der Waals surface area contributed by atoms with Crippen molar-refractivity contribution in [3.8, 4) is 6.07 Å². The SMILES string of the molecule is Cc1nc2c(C#N)cnn2c(C)c1CCC(=O)NC(C)Cc1ccsc1. The second-order valence-electron chi connectivity index (χ2n) is 6.47. The number of aromatic nitrogens is 3. The van der Waals surface area contributed by atoms with Crippen molar-refractivity contribution in [2.24, 2.45) is 0 Å². The predicted molar refractivity (Wildman–Crippen MR) is 101 cm³/mol. The summed E-state index contributed by atoms with van der Waals surface area (Å²) in [5, 5.41) is 20.6. The summed E-state index contributed by atoms with van der Waals surface area (Å²) in [6.45, 7) is 5.88. The van der Waals surface area contributed by atoms with Crippen molar-refractivity contribution in [3.63, 3.8) is 0 Å². The molecule has 0 radical (unpaired) electrons. The van der Waals surface area contributed by atoms with Gasteiger partial charge in [-0.3, -0.25) is 4.79 Å². The molecule has 3 aromatic heterocycles. The van der Waals surface area contributed by atoms with E-state index in [-0.39, 0.29) is 11.9 Å². The summed E-state index contributed by atoms with van der Waals surface area (Å²) < 4.78 is 1.68. The molecule has 0 aromatic carbocycles. The molecule has 26 heavy (non-hydrogen) atoms. The average molecular weight is 367 g/mol. The van der Waals surface area contributed by atoms with Crippen LogP contribution in [0.15, 0.2) is 23.0 Å². The molecule has 3 heterocycles. The van der Waals surface area contributed by atoms with E-state index in [1.54, 1.807) is 15.9 Å². The van der Waals surface area contributed by atoms with Gasteiger partial charge >= 0.3 is 0 Å². The van der Waals surface area contributed by atoms with Gasteiger partial charge in [-0.2, -0.15) is 21.7 Å². The third-order valence-electron chi connectivity index (χ3n) is 4.46. The molecular formula is C19H21N5OS. The molecule has 1 atom stereocenters. The first-order valence-electron chi connectivity index (χ1n) is 8.54. The van der Waals surface area contributed by atoms with Crippen LogP contribution in [0.3, 0.4) is 0 Å². The molecule has 134 valence electrons. The van der Waals surface area contributed by atoms with E-state index in [1.165, 1.54) is 11.8 Å². The minimum atomic E-state index is 0.0322. The number of aryl methyl sites for hydroxylation is 2. The van der Waals surface area contributed by atoms with E-state index in [2.05, 4.69) is 32.9 Å². The average Bonchev–Trinajstić information content (AvgIpc) is 3.23. The van der Waals surface area contributed by atoms with Gasteiger partial charge < -0.3 is 5.32 Å². The van der Waals surface area contributed by atoms with E-state index >= 15 is 0 Å². The van der Waals surface area contributed by atoms with E-state index < -0.39 is 0 Å². The van der Waals surface area contributed by atoms with E-state index in [1.807, 2.05) is 26.2 Å².